The molecule has 0 aliphatic carbocycles. The molecule has 0 aliphatic heterocycles. The Labute approximate surface area is 122 Å². The number of pyridine rings is 1. The van der Waals surface area contributed by atoms with Crippen LogP contribution in [0.15, 0.2) is 42.6 Å². The minimum Gasteiger partial charge on any atom is -0.464 e. The van der Waals surface area contributed by atoms with Crippen LogP contribution in [0.3, 0.4) is 0 Å². The number of hydrogen-bond acceptors (Lipinski definition) is 5. The lowest BCUT2D eigenvalue weighted by atomic mass is 10.0. The first-order chi connectivity index (χ1) is 9.92. The molecule has 21 heavy (non-hydrogen) atoms. The fourth-order valence-corrected chi connectivity index (χ4v) is 2.44. The highest BCUT2D eigenvalue weighted by Crippen LogP contribution is 2.30. The highest BCUT2D eigenvalue weighted by molar-refractivity contribution is 7.92. The number of ether oxygens (including phenoxy) is 1. The Morgan fingerprint density at radius 3 is 2.43 bits per heavy atom. The van der Waals surface area contributed by atoms with Crippen LogP contribution in [0.1, 0.15) is 10.5 Å². The second-order valence-corrected chi connectivity index (χ2v) is 6.06. The van der Waals surface area contributed by atoms with Crippen molar-refractivity contribution in [2.24, 2.45) is 0 Å². The summed E-state index contributed by atoms with van der Waals surface area (Å²) >= 11 is 0. The SMILES string of the molecule is COC(=O)c1nccc(-c2ccccc2)c1NS(C)(=O)=O. The number of methoxy groups -OCH3 is 1. The Balaban J connectivity index is 2.67. The highest BCUT2D eigenvalue weighted by Gasteiger charge is 2.20. The van der Waals surface area contributed by atoms with E-state index in [0.717, 1.165) is 11.8 Å². The lowest BCUT2D eigenvalue weighted by molar-refractivity contribution is 0.0595. The number of anilines is 1. The normalized spacial score (nSPS) is 11.0. The van der Waals surface area contributed by atoms with Crippen LogP contribution in [0.2, 0.25) is 0 Å². The lowest BCUT2D eigenvalue weighted by Gasteiger charge is -2.13. The zero-order valence-electron chi connectivity index (χ0n) is 11.5. The molecule has 0 atom stereocenters. The molecule has 0 bridgehead atoms. The molecule has 1 aromatic heterocycles. The number of benzene rings is 1. The van der Waals surface area contributed by atoms with E-state index in [1.807, 2.05) is 30.3 Å². The predicted molar refractivity (Wildman–Crippen MR) is 79.5 cm³/mol. The molecule has 0 spiro atoms. The van der Waals surface area contributed by atoms with Crippen LogP contribution >= 0.6 is 0 Å². The van der Waals surface area contributed by atoms with Crippen molar-refractivity contribution >= 4 is 21.7 Å². The largest absolute Gasteiger partial charge is 0.464 e. The summed E-state index contributed by atoms with van der Waals surface area (Å²) in [6.45, 7) is 0. The molecule has 0 aliphatic rings. The van der Waals surface area contributed by atoms with Crippen LogP contribution in [-0.4, -0.2) is 32.7 Å². The quantitative estimate of drug-likeness (QED) is 0.872. The number of rotatable bonds is 4. The first-order valence-electron chi connectivity index (χ1n) is 6.03. The van der Waals surface area contributed by atoms with Gasteiger partial charge in [0.15, 0.2) is 5.69 Å². The monoisotopic (exact) mass is 306 g/mol. The van der Waals surface area contributed by atoms with Crippen molar-refractivity contribution in [3.63, 3.8) is 0 Å². The number of carbonyl (C=O) groups is 1. The number of aromatic nitrogens is 1. The molecule has 0 saturated heterocycles. The lowest BCUT2D eigenvalue weighted by Crippen LogP contribution is -2.16. The molecule has 2 aromatic rings. The number of nitrogens with one attached hydrogen (secondary N) is 1. The maximum atomic E-state index is 11.8. The standard InChI is InChI=1S/C14H14N2O4S/c1-20-14(17)13-12(16-21(2,18)19)11(8-9-15-13)10-6-4-3-5-7-10/h3-9,16H,1-2H3. The number of esters is 1. The van der Waals surface area contributed by atoms with Crippen LogP contribution in [0.4, 0.5) is 5.69 Å². The number of hydrogen-bond donors (Lipinski definition) is 1. The average Bonchev–Trinajstić information content (AvgIpc) is 2.46. The zero-order chi connectivity index (χ0) is 15.5. The molecule has 110 valence electrons. The Morgan fingerprint density at radius 1 is 1.19 bits per heavy atom. The van der Waals surface area contributed by atoms with Gasteiger partial charge < -0.3 is 4.74 Å². The minimum absolute atomic E-state index is 0.0794. The molecule has 2 rings (SSSR count). The van der Waals surface area contributed by atoms with Crippen LogP contribution in [0, 0.1) is 0 Å². The molecular formula is C14H14N2O4S. The third-order valence-electron chi connectivity index (χ3n) is 2.70. The van der Waals surface area contributed by atoms with Gasteiger partial charge in [-0.3, -0.25) is 4.72 Å². The number of sulfonamides is 1. The van der Waals surface area contributed by atoms with Gasteiger partial charge in [0.05, 0.1) is 19.1 Å². The molecule has 0 amide bonds. The summed E-state index contributed by atoms with van der Waals surface area (Å²) in [5, 5.41) is 0. The van der Waals surface area contributed by atoms with E-state index in [-0.39, 0.29) is 11.4 Å². The van der Waals surface area contributed by atoms with Gasteiger partial charge in [0.1, 0.15) is 0 Å². The van der Waals surface area contributed by atoms with Crippen molar-refractivity contribution in [3.05, 3.63) is 48.3 Å². The van der Waals surface area contributed by atoms with Gasteiger partial charge in [0, 0.05) is 11.8 Å². The Hall–Kier alpha value is -2.41. The van der Waals surface area contributed by atoms with Crippen molar-refractivity contribution < 1.29 is 17.9 Å². The molecule has 1 N–H and O–H groups in total. The van der Waals surface area contributed by atoms with Crippen LogP contribution in [0.5, 0.6) is 0 Å². The van der Waals surface area contributed by atoms with Crippen LogP contribution < -0.4 is 4.72 Å². The zero-order valence-corrected chi connectivity index (χ0v) is 12.3. The summed E-state index contributed by atoms with van der Waals surface area (Å²) in [7, 11) is -2.36. The van der Waals surface area contributed by atoms with E-state index >= 15 is 0 Å². The maximum Gasteiger partial charge on any atom is 0.358 e. The summed E-state index contributed by atoms with van der Waals surface area (Å²) in [4.78, 5) is 15.7. The number of carbonyl (C=O) groups excluding carboxylic acids is 1. The molecule has 0 unspecified atom stereocenters. The van der Waals surface area contributed by atoms with E-state index in [9.17, 15) is 13.2 Å². The van der Waals surface area contributed by atoms with Crippen molar-refractivity contribution in [2.75, 3.05) is 18.1 Å². The summed E-state index contributed by atoms with van der Waals surface area (Å²) in [5.41, 5.74) is 1.34. The molecule has 1 aromatic carbocycles. The van der Waals surface area contributed by atoms with Crippen LogP contribution in [0.25, 0.3) is 11.1 Å². The van der Waals surface area contributed by atoms with Gasteiger partial charge in [-0.2, -0.15) is 0 Å². The first-order valence-corrected chi connectivity index (χ1v) is 7.92. The van der Waals surface area contributed by atoms with Crippen molar-refractivity contribution in [2.45, 2.75) is 0 Å². The van der Waals surface area contributed by atoms with E-state index in [1.54, 1.807) is 6.07 Å². The summed E-state index contributed by atoms with van der Waals surface area (Å²) in [5.74, 6) is -0.709. The number of nitrogens with zero attached hydrogens (tertiary/aromatic N) is 1. The Bertz CT molecular complexity index is 758. The predicted octanol–water partition coefficient (Wildman–Crippen LogP) is 1.91. The molecule has 7 heteroatoms. The fourth-order valence-electron chi connectivity index (χ4n) is 1.86. The minimum atomic E-state index is -3.57. The van der Waals surface area contributed by atoms with Crippen LogP contribution in [-0.2, 0) is 14.8 Å². The van der Waals surface area contributed by atoms with E-state index < -0.39 is 16.0 Å². The second kappa shape index (κ2) is 5.92. The smallest absolute Gasteiger partial charge is 0.358 e. The van der Waals surface area contributed by atoms with Crippen molar-refractivity contribution in [3.8, 4) is 11.1 Å². The molecule has 6 nitrogen and oxygen atoms in total. The highest BCUT2D eigenvalue weighted by atomic mass is 32.2. The molecular weight excluding hydrogens is 292 g/mol. The van der Waals surface area contributed by atoms with Gasteiger partial charge >= 0.3 is 5.97 Å². The van der Waals surface area contributed by atoms with Gasteiger partial charge in [-0.25, -0.2) is 18.2 Å². The van der Waals surface area contributed by atoms with Crippen molar-refractivity contribution in [1.29, 1.82) is 0 Å². The van der Waals surface area contributed by atoms with E-state index in [2.05, 4.69) is 14.4 Å². The molecule has 0 saturated carbocycles. The fraction of sp³-hybridized carbons (Fsp3) is 0.143. The summed E-state index contributed by atoms with van der Waals surface area (Å²) in [6, 6.07) is 10.7. The van der Waals surface area contributed by atoms with Gasteiger partial charge in [-0.1, -0.05) is 30.3 Å². The van der Waals surface area contributed by atoms with Gasteiger partial charge in [0.25, 0.3) is 0 Å². The summed E-state index contributed by atoms with van der Waals surface area (Å²) in [6.07, 6.45) is 2.44. The topological polar surface area (TPSA) is 85.4 Å². The van der Waals surface area contributed by atoms with E-state index in [4.69, 9.17) is 0 Å². The summed E-state index contributed by atoms with van der Waals surface area (Å²) < 4.78 is 30.1. The first kappa shape index (κ1) is 15.0. The second-order valence-electron chi connectivity index (χ2n) is 4.31. The van der Waals surface area contributed by atoms with E-state index in [1.165, 1.54) is 13.3 Å². The van der Waals surface area contributed by atoms with Gasteiger partial charge in [-0.15, -0.1) is 0 Å². The molecule has 1 heterocycles. The molecule has 0 radical (unpaired) electrons. The molecule has 0 fully saturated rings. The average molecular weight is 306 g/mol. The third-order valence-corrected chi connectivity index (χ3v) is 3.28. The van der Waals surface area contributed by atoms with Gasteiger partial charge in [0.2, 0.25) is 10.0 Å². The Morgan fingerprint density at radius 2 is 1.86 bits per heavy atom. The third kappa shape index (κ3) is 3.57. The van der Waals surface area contributed by atoms with Gasteiger partial charge in [-0.05, 0) is 11.6 Å². The van der Waals surface area contributed by atoms with Crippen molar-refractivity contribution in [1.82, 2.24) is 4.98 Å². The Kier molecular flexibility index (Phi) is 4.23. The van der Waals surface area contributed by atoms with E-state index in [0.29, 0.717) is 5.56 Å². The maximum absolute atomic E-state index is 11.8.